The van der Waals surface area contributed by atoms with Gasteiger partial charge in [-0.3, -0.25) is 9.78 Å². The molecule has 2 heterocycles. The number of hydrogen-bond donors (Lipinski definition) is 4. The SMILES string of the molecule is O=C(C1CC1)N(Cc1ccc(F)cn1)C[C@@H]1O[C@H](CO)[C@@H](O)[C@H](O)[C@@H]1O. The molecule has 0 bridgehead atoms. The molecule has 4 N–H and O–H groups in total. The molecule has 2 fully saturated rings. The molecule has 9 heteroatoms. The summed E-state index contributed by atoms with van der Waals surface area (Å²) in [5.74, 6) is -0.712. The van der Waals surface area contributed by atoms with E-state index in [9.17, 15) is 29.6 Å². The van der Waals surface area contributed by atoms with Gasteiger partial charge in [-0.2, -0.15) is 0 Å². The highest BCUT2D eigenvalue weighted by Crippen LogP contribution is 2.32. The van der Waals surface area contributed by atoms with Gasteiger partial charge in [-0.05, 0) is 25.0 Å². The predicted molar refractivity (Wildman–Crippen MR) is 86.1 cm³/mol. The first-order valence-corrected chi connectivity index (χ1v) is 8.60. The van der Waals surface area contributed by atoms with Crippen LogP contribution < -0.4 is 0 Å². The molecule has 1 aliphatic carbocycles. The summed E-state index contributed by atoms with van der Waals surface area (Å²) in [6, 6.07) is 2.71. The third-order valence-electron chi connectivity index (χ3n) is 4.77. The Bertz CT molecular complexity index is 624. The number of aromatic nitrogens is 1. The molecule has 26 heavy (non-hydrogen) atoms. The Hall–Kier alpha value is -1.65. The van der Waals surface area contributed by atoms with E-state index in [2.05, 4.69) is 4.98 Å². The molecular formula is C17H23FN2O6. The number of rotatable bonds is 6. The van der Waals surface area contributed by atoms with Gasteiger partial charge in [0.2, 0.25) is 5.91 Å². The van der Waals surface area contributed by atoms with Crippen molar-refractivity contribution in [3.63, 3.8) is 0 Å². The van der Waals surface area contributed by atoms with Gasteiger partial charge in [-0.15, -0.1) is 0 Å². The van der Waals surface area contributed by atoms with Crippen LogP contribution in [0.4, 0.5) is 4.39 Å². The minimum Gasteiger partial charge on any atom is -0.394 e. The summed E-state index contributed by atoms with van der Waals surface area (Å²) in [5.41, 5.74) is 0.477. The lowest BCUT2D eigenvalue weighted by Crippen LogP contribution is -2.61. The summed E-state index contributed by atoms with van der Waals surface area (Å²) in [6.07, 6.45) is -3.74. The second kappa shape index (κ2) is 7.93. The summed E-state index contributed by atoms with van der Waals surface area (Å²) < 4.78 is 18.5. The average molecular weight is 370 g/mol. The molecule has 1 aromatic rings. The van der Waals surface area contributed by atoms with Crippen LogP contribution in [-0.2, 0) is 16.1 Å². The normalized spacial score (nSPS) is 31.7. The Morgan fingerprint density at radius 1 is 1.19 bits per heavy atom. The van der Waals surface area contributed by atoms with Crippen LogP contribution in [0.5, 0.6) is 0 Å². The second-order valence-corrected chi connectivity index (χ2v) is 6.83. The fourth-order valence-electron chi connectivity index (χ4n) is 3.06. The van der Waals surface area contributed by atoms with Crippen LogP contribution in [0.1, 0.15) is 18.5 Å². The van der Waals surface area contributed by atoms with E-state index < -0.39 is 42.9 Å². The van der Waals surface area contributed by atoms with Crippen LogP contribution in [0, 0.1) is 11.7 Å². The summed E-state index contributed by atoms with van der Waals surface area (Å²) in [5, 5.41) is 39.2. The quantitative estimate of drug-likeness (QED) is 0.496. The smallest absolute Gasteiger partial charge is 0.226 e. The van der Waals surface area contributed by atoms with E-state index in [0.717, 1.165) is 19.0 Å². The molecule has 0 spiro atoms. The van der Waals surface area contributed by atoms with Crippen molar-refractivity contribution < 1.29 is 34.3 Å². The van der Waals surface area contributed by atoms with Gasteiger partial charge < -0.3 is 30.1 Å². The van der Waals surface area contributed by atoms with Crippen molar-refractivity contribution in [3.05, 3.63) is 29.8 Å². The number of aliphatic hydroxyl groups excluding tert-OH is 4. The van der Waals surface area contributed by atoms with Gasteiger partial charge in [-0.1, -0.05) is 0 Å². The van der Waals surface area contributed by atoms with E-state index in [1.54, 1.807) is 0 Å². The van der Waals surface area contributed by atoms with E-state index >= 15 is 0 Å². The van der Waals surface area contributed by atoms with Crippen LogP contribution in [0.3, 0.4) is 0 Å². The van der Waals surface area contributed by atoms with Crippen molar-refractivity contribution in [1.29, 1.82) is 0 Å². The number of hydrogen-bond acceptors (Lipinski definition) is 7. The molecule has 144 valence electrons. The Kier molecular flexibility index (Phi) is 5.83. The number of carbonyl (C=O) groups is 1. The summed E-state index contributed by atoms with van der Waals surface area (Å²) in [7, 11) is 0. The van der Waals surface area contributed by atoms with Crippen molar-refractivity contribution in [2.24, 2.45) is 5.92 Å². The summed E-state index contributed by atoms with van der Waals surface area (Å²) >= 11 is 0. The number of aliphatic hydroxyl groups is 4. The topological polar surface area (TPSA) is 123 Å². The van der Waals surface area contributed by atoms with E-state index in [0.29, 0.717) is 5.69 Å². The first-order chi connectivity index (χ1) is 12.4. The maximum absolute atomic E-state index is 13.0. The van der Waals surface area contributed by atoms with Gasteiger partial charge >= 0.3 is 0 Å². The zero-order chi connectivity index (χ0) is 18.8. The molecule has 1 aliphatic heterocycles. The van der Waals surface area contributed by atoms with E-state index in [1.165, 1.54) is 17.0 Å². The third kappa shape index (κ3) is 4.18. The number of amides is 1. The van der Waals surface area contributed by atoms with Crippen LogP contribution in [0.15, 0.2) is 18.3 Å². The zero-order valence-corrected chi connectivity index (χ0v) is 14.1. The first kappa shape index (κ1) is 19.1. The van der Waals surface area contributed by atoms with Crippen LogP contribution in [-0.4, -0.2) is 79.9 Å². The molecule has 3 rings (SSSR count). The van der Waals surface area contributed by atoms with Gasteiger partial charge in [0.1, 0.15) is 36.3 Å². The molecule has 5 atom stereocenters. The van der Waals surface area contributed by atoms with Crippen molar-refractivity contribution >= 4 is 5.91 Å². The minimum absolute atomic E-state index is 0.0458. The highest BCUT2D eigenvalue weighted by molar-refractivity contribution is 5.81. The monoisotopic (exact) mass is 370 g/mol. The fraction of sp³-hybridized carbons (Fsp3) is 0.647. The zero-order valence-electron chi connectivity index (χ0n) is 14.1. The van der Waals surface area contributed by atoms with Crippen molar-refractivity contribution in [2.75, 3.05) is 13.2 Å². The minimum atomic E-state index is -1.49. The van der Waals surface area contributed by atoms with Gasteiger partial charge in [-0.25, -0.2) is 4.39 Å². The Labute approximate surface area is 149 Å². The molecule has 1 saturated heterocycles. The van der Waals surface area contributed by atoms with E-state index in [-0.39, 0.29) is 24.9 Å². The maximum atomic E-state index is 13.0. The third-order valence-corrected chi connectivity index (χ3v) is 4.77. The lowest BCUT2D eigenvalue weighted by atomic mass is 9.94. The summed E-state index contributed by atoms with van der Waals surface area (Å²) in [6.45, 7) is -0.474. The second-order valence-electron chi connectivity index (χ2n) is 6.83. The molecule has 0 aromatic carbocycles. The largest absolute Gasteiger partial charge is 0.394 e. The standard InChI is InChI=1S/C17H23FN2O6/c18-10-3-4-11(19-5-10)6-20(17(25)9-1-2-9)7-12-14(22)16(24)15(23)13(8-21)26-12/h3-5,9,12-16,21-24H,1-2,6-8H2/t12-,13+,14+,15+,16+/m0/s1. The molecular weight excluding hydrogens is 347 g/mol. The van der Waals surface area contributed by atoms with Crippen LogP contribution >= 0.6 is 0 Å². The van der Waals surface area contributed by atoms with Gasteiger partial charge in [0.15, 0.2) is 0 Å². The van der Waals surface area contributed by atoms with Crippen LogP contribution in [0.25, 0.3) is 0 Å². The maximum Gasteiger partial charge on any atom is 0.226 e. The first-order valence-electron chi connectivity index (χ1n) is 8.60. The average Bonchev–Trinajstić information content (AvgIpc) is 3.47. The fourth-order valence-corrected chi connectivity index (χ4v) is 3.06. The highest BCUT2D eigenvalue weighted by Gasteiger charge is 2.45. The lowest BCUT2D eigenvalue weighted by molar-refractivity contribution is -0.232. The molecule has 0 unspecified atom stereocenters. The molecule has 8 nitrogen and oxygen atoms in total. The molecule has 0 radical (unpaired) electrons. The number of halogens is 1. The molecule has 1 saturated carbocycles. The predicted octanol–water partition coefficient (Wildman–Crippen LogP) is -1.20. The van der Waals surface area contributed by atoms with E-state index in [4.69, 9.17) is 4.74 Å². The molecule has 2 aliphatic rings. The van der Waals surface area contributed by atoms with Gasteiger partial charge in [0.25, 0.3) is 0 Å². The lowest BCUT2D eigenvalue weighted by Gasteiger charge is -2.41. The van der Waals surface area contributed by atoms with E-state index in [1.807, 2.05) is 0 Å². The number of ether oxygens (including phenoxy) is 1. The Morgan fingerprint density at radius 3 is 2.46 bits per heavy atom. The van der Waals surface area contributed by atoms with Crippen molar-refractivity contribution in [3.8, 4) is 0 Å². The number of nitrogens with zero attached hydrogens (tertiary/aromatic N) is 2. The van der Waals surface area contributed by atoms with Crippen molar-refractivity contribution in [2.45, 2.75) is 49.9 Å². The Morgan fingerprint density at radius 2 is 1.88 bits per heavy atom. The number of carbonyl (C=O) groups excluding carboxylic acids is 1. The van der Waals surface area contributed by atoms with Gasteiger partial charge in [0, 0.05) is 12.5 Å². The van der Waals surface area contributed by atoms with Crippen LogP contribution in [0.2, 0.25) is 0 Å². The van der Waals surface area contributed by atoms with Gasteiger partial charge in [0.05, 0.1) is 25.0 Å². The molecule has 1 amide bonds. The number of pyridine rings is 1. The highest BCUT2D eigenvalue weighted by atomic mass is 19.1. The summed E-state index contributed by atoms with van der Waals surface area (Å²) in [4.78, 5) is 18.0. The van der Waals surface area contributed by atoms with Crippen molar-refractivity contribution in [1.82, 2.24) is 9.88 Å². The molecule has 1 aromatic heterocycles. The Balaban J connectivity index is 1.74.